The third-order valence-electron chi connectivity index (χ3n) is 5.22. The van der Waals surface area contributed by atoms with Crippen molar-refractivity contribution < 1.29 is 9.26 Å². The molecule has 32 heavy (non-hydrogen) atoms. The molecule has 0 saturated heterocycles. The van der Waals surface area contributed by atoms with Crippen molar-refractivity contribution in [2.75, 3.05) is 0 Å². The molecule has 2 heterocycles. The van der Waals surface area contributed by atoms with Gasteiger partial charge in [-0.05, 0) is 36.8 Å². The molecule has 6 heteroatoms. The summed E-state index contributed by atoms with van der Waals surface area (Å²) in [7, 11) is 0. The first kappa shape index (κ1) is 20.2. The van der Waals surface area contributed by atoms with Crippen LogP contribution in [0.1, 0.15) is 28.7 Å². The molecular formula is C26H21ClN3O2-. The Morgan fingerprint density at radius 2 is 1.84 bits per heavy atom. The Labute approximate surface area is 191 Å². The maximum atomic E-state index is 6.26. The van der Waals surface area contributed by atoms with Crippen LogP contribution in [0.5, 0.6) is 5.75 Å². The molecule has 0 aliphatic rings. The van der Waals surface area contributed by atoms with Gasteiger partial charge in [-0.15, -0.1) is 18.5 Å². The average Bonchev–Trinajstić information content (AvgIpc) is 3.26. The molecule has 3 aromatic carbocycles. The Morgan fingerprint density at radius 1 is 1.06 bits per heavy atom. The van der Waals surface area contributed by atoms with Crippen molar-refractivity contribution in [3.63, 3.8) is 0 Å². The zero-order valence-corrected chi connectivity index (χ0v) is 18.2. The lowest BCUT2D eigenvalue weighted by atomic mass is 10.1. The highest BCUT2D eigenvalue weighted by Gasteiger charge is 2.24. The first-order valence-electron chi connectivity index (χ1n) is 10.3. The van der Waals surface area contributed by atoms with Crippen molar-refractivity contribution in [3.8, 4) is 17.1 Å². The van der Waals surface area contributed by atoms with Crippen molar-refractivity contribution >= 4 is 11.6 Å². The van der Waals surface area contributed by atoms with Crippen molar-refractivity contribution in [1.82, 2.24) is 14.7 Å². The molecule has 5 rings (SSSR count). The molecule has 5 aromatic rings. The molecule has 0 aliphatic heterocycles. The number of hydrogen-bond donors (Lipinski definition) is 0. The van der Waals surface area contributed by atoms with E-state index in [1.807, 2.05) is 86.0 Å². The van der Waals surface area contributed by atoms with E-state index in [9.17, 15) is 0 Å². The third-order valence-corrected chi connectivity index (χ3v) is 5.46. The Morgan fingerprint density at radius 3 is 2.53 bits per heavy atom. The predicted octanol–water partition coefficient (Wildman–Crippen LogP) is 6.44. The van der Waals surface area contributed by atoms with Gasteiger partial charge in [-0.25, -0.2) is 0 Å². The van der Waals surface area contributed by atoms with Crippen LogP contribution in [-0.2, 0) is 6.54 Å². The first-order chi connectivity index (χ1) is 15.6. The Bertz CT molecular complexity index is 1290. The van der Waals surface area contributed by atoms with Crippen LogP contribution in [-0.4, -0.2) is 14.7 Å². The fraction of sp³-hybridized carbons (Fsp3) is 0.115. The molecule has 1 unspecified atom stereocenters. The maximum absolute atomic E-state index is 6.26. The van der Waals surface area contributed by atoms with Crippen LogP contribution in [0.4, 0.5) is 0 Å². The summed E-state index contributed by atoms with van der Waals surface area (Å²) in [6.45, 7) is 2.88. The number of aromatic nitrogens is 3. The molecule has 0 N–H and O–H groups in total. The lowest BCUT2D eigenvalue weighted by Gasteiger charge is -2.16. The Balaban J connectivity index is 1.43. The second-order valence-electron chi connectivity index (χ2n) is 7.68. The minimum Gasteiger partial charge on any atom is -0.476 e. The second-order valence-corrected chi connectivity index (χ2v) is 8.12. The summed E-state index contributed by atoms with van der Waals surface area (Å²) in [6.07, 6.45) is 3.51. The molecule has 0 radical (unpaired) electrons. The molecule has 0 saturated carbocycles. The zero-order chi connectivity index (χ0) is 21.9. The number of ether oxygens (including phenoxy) is 1. The van der Waals surface area contributed by atoms with Gasteiger partial charge in [0, 0.05) is 22.7 Å². The van der Waals surface area contributed by atoms with Gasteiger partial charge >= 0.3 is 0 Å². The number of halogens is 1. The third kappa shape index (κ3) is 4.48. The minimum absolute atomic E-state index is 0.368. The standard InChI is InChI=1S/C26H21ClN3O2/c1-18-6-12-23(13-7-18)31-24(21-4-2-5-22(27)16-21)26-28-25(29-32-26)20-10-8-19(9-11-20)17-30-14-3-15-30/h2-16,24H,17H2,1H3/q-1. The highest BCUT2D eigenvalue weighted by Crippen LogP contribution is 2.30. The molecule has 2 aromatic heterocycles. The van der Waals surface area contributed by atoms with Crippen molar-refractivity contribution in [1.29, 1.82) is 0 Å². The Kier molecular flexibility index (Phi) is 5.57. The predicted molar refractivity (Wildman–Crippen MR) is 124 cm³/mol. The van der Waals surface area contributed by atoms with Gasteiger partial charge in [0.15, 0.2) is 0 Å². The normalized spacial score (nSPS) is 12.1. The van der Waals surface area contributed by atoms with Crippen molar-refractivity contribution in [3.05, 3.63) is 119 Å². The number of benzene rings is 3. The summed E-state index contributed by atoms with van der Waals surface area (Å²) in [5.41, 5.74) is 4.08. The minimum atomic E-state index is -0.578. The molecule has 0 bridgehead atoms. The van der Waals surface area contributed by atoms with Crippen LogP contribution >= 0.6 is 11.6 Å². The van der Waals surface area contributed by atoms with E-state index in [4.69, 9.17) is 20.9 Å². The van der Waals surface area contributed by atoms with Gasteiger partial charge in [0.1, 0.15) is 5.75 Å². The highest BCUT2D eigenvalue weighted by molar-refractivity contribution is 6.30. The van der Waals surface area contributed by atoms with Gasteiger partial charge in [-0.2, -0.15) is 4.98 Å². The van der Waals surface area contributed by atoms with Crippen LogP contribution in [0.3, 0.4) is 0 Å². The lowest BCUT2D eigenvalue weighted by molar-refractivity contribution is 0.193. The summed E-state index contributed by atoms with van der Waals surface area (Å²) in [5, 5.41) is 4.82. The molecule has 0 spiro atoms. The topological polar surface area (TPSA) is 53.1 Å². The fourth-order valence-corrected chi connectivity index (χ4v) is 3.62. The summed E-state index contributed by atoms with van der Waals surface area (Å²) >= 11 is 6.23. The van der Waals surface area contributed by atoms with Gasteiger partial charge in [-0.1, -0.05) is 70.9 Å². The summed E-state index contributed by atoms with van der Waals surface area (Å²) in [6, 6.07) is 25.5. The van der Waals surface area contributed by atoms with E-state index in [2.05, 4.69) is 26.8 Å². The smallest absolute Gasteiger partial charge is 0.272 e. The molecule has 160 valence electrons. The van der Waals surface area contributed by atoms with Crippen LogP contribution in [0.2, 0.25) is 5.02 Å². The average molecular weight is 443 g/mol. The second kappa shape index (κ2) is 8.81. The number of aryl methyl sites for hydroxylation is 1. The molecule has 5 nitrogen and oxygen atoms in total. The van der Waals surface area contributed by atoms with Gasteiger partial charge in [-0.3, -0.25) is 0 Å². The van der Waals surface area contributed by atoms with E-state index < -0.39 is 6.10 Å². The van der Waals surface area contributed by atoms with Crippen LogP contribution in [0.15, 0.2) is 95.8 Å². The molecular weight excluding hydrogens is 422 g/mol. The summed E-state index contributed by atoms with van der Waals surface area (Å²) in [5.74, 6) is 1.59. The summed E-state index contributed by atoms with van der Waals surface area (Å²) in [4.78, 5) is 4.64. The fourth-order valence-electron chi connectivity index (χ4n) is 3.43. The Hall–Kier alpha value is -3.70. The van der Waals surface area contributed by atoms with Crippen LogP contribution in [0, 0.1) is 6.92 Å². The van der Waals surface area contributed by atoms with Gasteiger partial charge in [0.25, 0.3) is 5.89 Å². The molecule has 0 aliphatic carbocycles. The highest BCUT2D eigenvalue weighted by atomic mass is 35.5. The van der Waals surface area contributed by atoms with E-state index in [1.54, 1.807) is 0 Å². The molecule has 0 fully saturated rings. The monoisotopic (exact) mass is 442 g/mol. The largest absolute Gasteiger partial charge is 0.476 e. The van der Waals surface area contributed by atoms with E-state index in [1.165, 1.54) is 5.56 Å². The van der Waals surface area contributed by atoms with Crippen LogP contribution in [0.25, 0.3) is 11.4 Å². The zero-order valence-electron chi connectivity index (χ0n) is 17.5. The molecule has 0 amide bonds. The van der Waals surface area contributed by atoms with Crippen LogP contribution < -0.4 is 4.74 Å². The van der Waals surface area contributed by atoms with Crippen molar-refractivity contribution in [2.24, 2.45) is 0 Å². The van der Waals surface area contributed by atoms with Gasteiger partial charge in [0.2, 0.25) is 11.9 Å². The number of rotatable bonds is 7. The number of hydrogen-bond acceptors (Lipinski definition) is 4. The maximum Gasteiger partial charge on any atom is 0.272 e. The van der Waals surface area contributed by atoms with Gasteiger partial charge in [0.05, 0.1) is 0 Å². The lowest BCUT2D eigenvalue weighted by Crippen LogP contribution is -2.10. The van der Waals surface area contributed by atoms with E-state index in [0.29, 0.717) is 22.5 Å². The van der Waals surface area contributed by atoms with E-state index in [0.717, 1.165) is 23.2 Å². The first-order valence-corrected chi connectivity index (χ1v) is 10.7. The van der Waals surface area contributed by atoms with E-state index in [-0.39, 0.29) is 0 Å². The quantitative estimate of drug-likeness (QED) is 0.272. The summed E-state index contributed by atoms with van der Waals surface area (Å²) < 4.78 is 14.0. The van der Waals surface area contributed by atoms with Crippen molar-refractivity contribution in [2.45, 2.75) is 19.6 Å². The SMILES string of the molecule is Cc1ccc(OC(c2cccc(Cl)c2)c2nc(-c3ccc(Cn4cc[cH-]4)cc3)no2)cc1. The van der Waals surface area contributed by atoms with E-state index >= 15 is 0 Å². The molecule has 1 atom stereocenters. The number of nitrogens with zero attached hydrogens (tertiary/aromatic N) is 3. The van der Waals surface area contributed by atoms with Gasteiger partial charge < -0.3 is 13.8 Å².